The molecular formula is C38H45N3O5S2. The lowest BCUT2D eigenvalue weighted by molar-refractivity contribution is -0.140. The number of rotatable bonds is 16. The first-order valence-electron chi connectivity index (χ1n) is 16.1. The average Bonchev–Trinajstić information content (AvgIpc) is 3.09. The number of amides is 2. The van der Waals surface area contributed by atoms with Crippen LogP contribution < -0.4 is 14.4 Å². The molecule has 0 aromatic heterocycles. The molecule has 0 fully saturated rings. The molecule has 0 spiro atoms. The minimum atomic E-state index is -4.20. The molecule has 0 unspecified atom stereocenters. The molecule has 0 heterocycles. The minimum absolute atomic E-state index is 0.0579. The Labute approximate surface area is 289 Å². The summed E-state index contributed by atoms with van der Waals surface area (Å²) in [4.78, 5) is 31.0. The van der Waals surface area contributed by atoms with Crippen LogP contribution in [-0.4, -0.2) is 57.1 Å². The van der Waals surface area contributed by atoms with Gasteiger partial charge in [0.15, 0.2) is 0 Å². The van der Waals surface area contributed by atoms with Gasteiger partial charge in [0.2, 0.25) is 11.8 Å². The summed E-state index contributed by atoms with van der Waals surface area (Å²) in [5, 5.41) is 3.02. The van der Waals surface area contributed by atoms with E-state index in [1.807, 2.05) is 88.5 Å². The van der Waals surface area contributed by atoms with Crippen LogP contribution in [0.15, 0.2) is 113 Å². The molecule has 254 valence electrons. The maximum Gasteiger partial charge on any atom is 0.264 e. The number of carbonyl (C=O) groups excluding carboxylic acids is 2. The lowest BCUT2D eigenvalue weighted by Crippen LogP contribution is -2.53. The summed E-state index contributed by atoms with van der Waals surface area (Å²) < 4.78 is 35.3. The highest BCUT2D eigenvalue weighted by Crippen LogP contribution is 2.28. The van der Waals surface area contributed by atoms with E-state index in [4.69, 9.17) is 4.74 Å². The molecule has 4 aromatic carbocycles. The largest absolute Gasteiger partial charge is 0.494 e. The van der Waals surface area contributed by atoms with Gasteiger partial charge in [-0.3, -0.25) is 13.9 Å². The van der Waals surface area contributed by atoms with Gasteiger partial charge in [0.1, 0.15) is 18.3 Å². The lowest BCUT2D eigenvalue weighted by atomic mass is 10.0. The Morgan fingerprint density at radius 2 is 1.50 bits per heavy atom. The van der Waals surface area contributed by atoms with Gasteiger partial charge in [-0.15, -0.1) is 11.8 Å². The van der Waals surface area contributed by atoms with E-state index in [-0.39, 0.29) is 29.7 Å². The molecule has 0 radical (unpaired) electrons. The SMILES string of the molecule is CCOc1ccc(N(CC(=O)N(Cc2ccc(C)cc2)[C@H](Cc2ccccc2)C(=O)NCC(C)C)S(=O)(=O)c2ccc(SC)cc2)cc1. The van der Waals surface area contributed by atoms with E-state index in [1.165, 1.54) is 16.7 Å². The van der Waals surface area contributed by atoms with Crippen molar-refractivity contribution in [1.82, 2.24) is 10.2 Å². The van der Waals surface area contributed by atoms with Gasteiger partial charge in [-0.2, -0.15) is 0 Å². The van der Waals surface area contributed by atoms with Crippen molar-refractivity contribution < 1.29 is 22.7 Å². The number of aryl methyl sites for hydroxylation is 1. The van der Waals surface area contributed by atoms with Gasteiger partial charge in [-0.1, -0.05) is 74.0 Å². The Bertz CT molecular complexity index is 1730. The highest BCUT2D eigenvalue weighted by molar-refractivity contribution is 7.98. The average molecular weight is 688 g/mol. The molecule has 1 atom stereocenters. The Balaban J connectivity index is 1.79. The number of sulfonamides is 1. The molecule has 48 heavy (non-hydrogen) atoms. The zero-order chi connectivity index (χ0) is 34.7. The van der Waals surface area contributed by atoms with Crippen molar-refractivity contribution in [3.63, 3.8) is 0 Å². The molecule has 0 bridgehead atoms. The topological polar surface area (TPSA) is 96.0 Å². The molecule has 8 nitrogen and oxygen atoms in total. The maximum absolute atomic E-state index is 14.6. The smallest absolute Gasteiger partial charge is 0.264 e. The second-order valence-corrected chi connectivity index (χ2v) is 14.7. The second kappa shape index (κ2) is 17.2. The highest BCUT2D eigenvalue weighted by Gasteiger charge is 2.34. The van der Waals surface area contributed by atoms with Crippen LogP contribution in [0.25, 0.3) is 0 Å². The van der Waals surface area contributed by atoms with E-state index in [1.54, 1.807) is 48.5 Å². The second-order valence-electron chi connectivity index (χ2n) is 12.0. The van der Waals surface area contributed by atoms with Crippen molar-refractivity contribution in [1.29, 1.82) is 0 Å². The normalized spacial score (nSPS) is 12.0. The molecule has 0 saturated heterocycles. The van der Waals surface area contributed by atoms with E-state index >= 15 is 0 Å². The zero-order valence-corrected chi connectivity index (χ0v) is 29.9. The molecule has 0 aliphatic heterocycles. The summed E-state index contributed by atoms with van der Waals surface area (Å²) in [6.07, 6.45) is 2.18. The Morgan fingerprint density at radius 1 is 0.854 bits per heavy atom. The van der Waals surface area contributed by atoms with Crippen molar-refractivity contribution in [3.05, 3.63) is 120 Å². The predicted octanol–water partition coefficient (Wildman–Crippen LogP) is 6.72. The van der Waals surface area contributed by atoms with Crippen LogP contribution in [0.3, 0.4) is 0 Å². The molecule has 0 saturated carbocycles. The zero-order valence-electron chi connectivity index (χ0n) is 28.3. The summed E-state index contributed by atoms with van der Waals surface area (Å²) >= 11 is 1.51. The fourth-order valence-electron chi connectivity index (χ4n) is 5.15. The molecule has 4 rings (SSSR count). The molecule has 2 amide bonds. The van der Waals surface area contributed by atoms with Crippen LogP contribution in [0.4, 0.5) is 5.69 Å². The molecule has 0 aliphatic rings. The van der Waals surface area contributed by atoms with Crippen molar-refractivity contribution in [2.24, 2.45) is 5.92 Å². The third kappa shape index (κ3) is 9.87. The lowest BCUT2D eigenvalue weighted by Gasteiger charge is -2.34. The van der Waals surface area contributed by atoms with Crippen LogP contribution in [0.5, 0.6) is 5.75 Å². The van der Waals surface area contributed by atoms with Crippen molar-refractivity contribution >= 4 is 39.3 Å². The number of nitrogens with zero attached hydrogens (tertiary/aromatic N) is 2. The summed E-state index contributed by atoms with van der Waals surface area (Å²) in [6, 6.07) is 29.6. The molecular weight excluding hydrogens is 643 g/mol. The van der Waals surface area contributed by atoms with Crippen LogP contribution in [-0.2, 0) is 32.6 Å². The van der Waals surface area contributed by atoms with Gasteiger partial charge in [-0.05, 0) is 85.7 Å². The number of nitrogens with one attached hydrogen (secondary N) is 1. The Morgan fingerprint density at radius 3 is 2.08 bits per heavy atom. The number of carbonyl (C=O) groups is 2. The number of hydrogen-bond acceptors (Lipinski definition) is 6. The fourth-order valence-corrected chi connectivity index (χ4v) is 6.97. The first-order chi connectivity index (χ1) is 23.0. The quantitative estimate of drug-likeness (QED) is 0.131. The predicted molar refractivity (Wildman–Crippen MR) is 194 cm³/mol. The fraction of sp³-hybridized carbons (Fsp3) is 0.316. The van der Waals surface area contributed by atoms with E-state index in [2.05, 4.69) is 5.32 Å². The monoisotopic (exact) mass is 687 g/mol. The summed E-state index contributed by atoms with van der Waals surface area (Å²) in [7, 11) is -4.20. The van der Waals surface area contributed by atoms with Crippen LogP contribution >= 0.6 is 11.8 Å². The van der Waals surface area contributed by atoms with Gasteiger partial charge >= 0.3 is 0 Å². The number of hydrogen-bond donors (Lipinski definition) is 1. The summed E-state index contributed by atoms with van der Waals surface area (Å²) in [5.74, 6) is -0.0177. The first kappa shape index (κ1) is 36.6. The minimum Gasteiger partial charge on any atom is -0.494 e. The standard InChI is InChI=1S/C38H45N3O5S2/c1-6-46-33-18-16-32(17-19-33)41(48(44,45)35-22-20-34(47-5)21-23-35)27-37(42)40(26-31-14-12-29(4)13-15-31)36(38(43)39-25-28(2)3)24-30-10-8-7-9-11-30/h7-23,28,36H,6,24-27H2,1-5H3,(H,39,43)/t36-/m1/s1. The van der Waals surface area contributed by atoms with Gasteiger partial charge in [0.05, 0.1) is 17.2 Å². The summed E-state index contributed by atoms with van der Waals surface area (Å²) in [6.45, 7) is 8.36. The van der Waals surface area contributed by atoms with Crippen molar-refractivity contribution in [2.75, 3.05) is 30.3 Å². The van der Waals surface area contributed by atoms with E-state index < -0.39 is 28.5 Å². The molecule has 10 heteroatoms. The number of anilines is 1. The van der Waals surface area contributed by atoms with Gasteiger partial charge < -0.3 is 15.0 Å². The van der Waals surface area contributed by atoms with E-state index in [9.17, 15) is 18.0 Å². The number of ether oxygens (including phenoxy) is 1. The van der Waals surface area contributed by atoms with Crippen LogP contribution in [0.1, 0.15) is 37.5 Å². The van der Waals surface area contributed by atoms with E-state index in [0.29, 0.717) is 24.6 Å². The van der Waals surface area contributed by atoms with Gasteiger partial charge in [0, 0.05) is 24.4 Å². The van der Waals surface area contributed by atoms with Crippen molar-refractivity contribution in [3.8, 4) is 5.75 Å². The van der Waals surface area contributed by atoms with E-state index in [0.717, 1.165) is 25.9 Å². The summed E-state index contributed by atoms with van der Waals surface area (Å²) in [5.41, 5.74) is 3.08. The number of thioether (sulfide) groups is 1. The Kier molecular flexibility index (Phi) is 13.1. The molecule has 0 aliphatic carbocycles. The molecule has 4 aromatic rings. The first-order valence-corrected chi connectivity index (χ1v) is 18.7. The third-order valence-electron chi connectivity index (χ3n) is 7.79. The Hall–Kier alpha value is -4.28. The third-order valence-corrected chi connectivity index (χ3v) is 10.3. The highest BCUT2D eigenvalue weighted by atomic mass is 32.2. The van der Waals surface area contributed by atoms with Crippen molar-refractivity contribution in [2.45, 2.75) is 56.5 Å². The van der Waals surface area contributed by atoms with Gasteiger partial charge in [0.25, 0.3) is 10.0 Å². The van der Waals surface area contributed by atoms with Crippen LogP contribution in [0, 0.1) is 12.8 Å². The molecule has 1 N–H and O–H groups in total. The van der Waals surface area contributed by atoms with Gasteiger partial charge in [-0.25, -0.2) is 8.42 Å². The number of benzene rings is 4. The maximum atomic E-state index is 14.6. The van der Waals surface area contributed by atoms with Crippen LogP contribution in [0.2, 0.25) is 0 Å².